The molecular weight excluding hydrogens is 148 g/mol. The Morgan fingerprint density at radius 3 is 2.50 bits per heavy atom. The van der Waals surface area contributed by atoms with Crippen LogP contribution in [0.15, 0.2) is 24.3 Å². The van der Waals surface area contributed by atoms with Gasteiger partial charge in [0.05, 0.1) is 0 Å². The molecule has 0 saturated carbocycles. The lowest BCUT2D eigenvalue weighted by atomic mass is 10.1. The molecule has 1 rings (SSSR count). The van der Waals surface area contributed by atoms with Gasteiger partial charge in [0, 0.05) is 6.54 Å². The third-order valence-electron chi connectivity index (χ3n) is 1.95. The normalized spacial score (nSPS) is 10.2. The molecule has 0 bridgehead atoms. The Morgan fingerprint density at radius 1 is 1.25 bits per heavy atom. The van der Waals surface area contributed by atoms with Crippen molar-refractivity contribution in [1.29, 1.82) is 0 Å². The maximum Gasteiger partial charge on any atom is 0.0353 e. The maximum atomic E-state index is 7.30. The zero-order chi connectivity index (χ0) is 8.81. The van der Waals surface area contributed by atoms with Gasteiger partial charge in [-0.25, -0.2) is 0 Å². The van der Waals surface area contributed by atoms with Crippen LogP contribution >= 0.6 is 0 Å². The van der Waals surface area contributed by atoms with E-state index in [1.54, 1.807) is 0 Å². The molecule has 0 aliphatic heterocycles. The van der Waals surface area contributed by atoms with Crippen LogP contribution in [0.5, 0.6) is 0 Å². The van der Waals surface area contributed by atoms with Crippen molar-refractivity contribution in [1.82, 2.24) is 11.1 Å². The molecule has 0 aliphatic carbocycles. The van der Waals surface area contributed by atoms with Crippen LogP contribution in [0.4, 0.5) is 0 Å². The number of benzene rings is 1. The molecule has 0 saturated heterocycles. The van der Waals surface area contributed by atoms with E-state index >= 15 is 0 Å². The summed E-state index contributed by atoms with van der Waals surface area (Å²) in [6.07, 6.45) is 1.02. The van der Waals surface area contributed by atoms with Crippen LogP contribution in [0.25, 0.3) is 0 Å². The minimum absolute atomic E-state index is 0.389. The first kappa shape index (κ1) is 9.23. The molecule has 12 heavy (non-hydrogen) atoms. The smallest absolute Gasteiger partial charge is 0.0353 e. The molecule has 1 aromatic rings. The summed E-state index contributed by atoms with van der Waals surface area (Å²) < 4.78 is 0. The number of likely N-dealkylation sites (N-methyl/N-ethyl adjacent to an activating group) is 1. The SMILES string of the molecule is CNCCc1ccccc1C[NH]. The van der Waals surface area contributed by atoms with E-state index in [-0.39, 0.29) is 0 Å². The van der Waals surface area contributed by atoms with E-state index in [1.807, 2.05) is 25.2 Å². The number of rotatable bonds is 4. The van der Waals surface area contributed by atoms with Gasteiger partial charge in [-0.05, 0) is 31.1 Å². The predicted molar refractivity (Wildman–Crippen MR) is 50.9 cm³/mol. The minimum Gasteiger partial charge on any atom is -0.319 e. The lowest BCUT2D eigenvalue weighted by Crippen LogP contribution is -2.11. The minimum atomic E-state index is 0.389. The van der Waals surface area contributed by atoms with Crippen molar-refractivity contribution in [2.75, 3.05) is 13.6 Å². The lowest BCUT2D eigenvalue weighted by Gasteiger charge is -2.05. The summed E-state index contributed by atoms with van der Waals surface area (Å²) in [6, 6.07) is 8.15. The van der Waals surface area contributed by atoms with E-state index in [9.17, 15) is 0 Å². The summed E-state index contributed by atoms with van der Waals surface area (Å²) in [5.41, 5.74) is 9.74. The Labute approximate surface area is 73.8 Å². The van der Waals surface area contributed by atoms with E-state index in [0.29, 0.717) is 6.54 Å². The van der Waals surface area contributed by atoms with Crippen molar-refractivity contribution >= 4 is 0 Å². The third kappa shape index (κ3) is 2.32. The summed E-state index contributed by atoms with van der Waals surface area (Å²) in [5, 5.41) is 3.11. The molecule has 2 heteroatoms. The van der Waals surface area contributed by atoms with Crippen LogP contribution in [-0.4, -0.2) is 13.6 Å². The highest BCUT2D eigenvalue weighted by atomic mass is 14.8. The predicted octanol–water partition coefficient (Wildman–Crippen LogP) is 1.23. The van der Waals surface area contributed by atoms with Gasteiger partial charge in [0.1, 0.15) is 0 Å². The van der Waals surface area contributed by atoms with Crippen LogP contribution in [0, 0.1) is 0 Å². The van der Waals surface area contributed by atoms with Crippen LogP contribution in [0.3, 0.4) is 0 Å². The molecule has 0 unspecified atom stereocenters. The van der Waals surface area contributed by atoms with Crippen molar-refractivity contribution in [3.63, 3.8) is 0 Å². The van der Waals surface area contributed by atoms with Gasteiger partial charge in [0.15, 0.2) is 0 Å². The third-order valence-corrected chi connectivity index (χ3v) is 1.95. The van der Waals surface area contributed by atoms with E-state index in [2.05, 4.69) is 11.4 Å². The van der Waals surface area contributed by atoms with Crippen LogP contribution in [-0.2, 0) is 13.0 Å². The standard InChI is InChI=1S/C10H15N2/c1-12-7-6-9-4-2-3-5-10(9)8-11/h2-5,11-12H,6-8H2,1H3. The molecule has 65 valence electrons. The van der Waals surface area contributed by atoms with E-state index in [0.717, 1.165) is 18.5 Å². The lowest BCUT2D eigenvalue weighted by molar-refractivity contribution is 0.783. The molecular formula is C10H15N2. The first-order valence-electron chi connectivity index (χ1n) is 4.24. The van der Waals surface area contributed by atoms with Crippen LogP contribution in [0.1, 0.15) is 11.1 Å². The Morgan fingerprint density at radius 2 is 1.92 bits per heavy atom. The van der Waals surface area contributed by atoms with Gasteiger partial charge in [0.2, 0.25) is 0 Å². The van der Waals surface area contributed by atoms with Crippen LogP contribution in [0.2, 0.25) is 0 Å². The van der Waals surface area contributed by atoms with Gasteiger partial charge >= 0.3 is 0 Å². The topological polar surface area (TPSA) is 35.8 Å². The summed E-state index contributed by atoms with van der Waals surface area (Å²) in [4.78, 5) is 0. The number of hydrogen-bond acceptors (Lipinski definition) is 1. The average molecular weight is 163 g/mol. The number of hydrogen-bond donors (Lipinski definition) is 1. The fraction of sp³-hybridized carbons (Fsp3) is 0.400. The Bertz CT molecular complexity index is 233. The molecule has 2 N–H and O–H groups in total. The largest absolute Gasteiger partial charge is 0.319 e. The zero-order valence-corrected chi connectivity index (χ0v) is 7.43. The van der Waals surface area contributed by atoms with Gasteiger partial charge < -0.3 is 5.32 Å². The molecule has 0 aliphatic rings. The Hall–Kier alpha value is -0.860. The molecule has 0 spiro atoms. The molecule has 0 heterocycles. The molecule has 0 aromatic heterocycles. The second kappa shape index (κ2) is 4.91. The molecule has 0 fully saturated rings. The summed E-state index contributed by atoms with van der Waals surface area (Å²) in [5.74, 6) is 0. The van der Waals surface area contributed by atoms with E-state index < -0.39 is 0 Å². The highest BCUT2D eigenvalue weighted by Gasteiger charge is 1.97. The highest BCUT2D eigenvalue weighted by molar-refractivity contribution is 5.26. The molecule has 0 amide bonds. The summed E-state index contributed by atoms with van der Waals surface area (Å²) in [7, 11) is 1.95. The summed E-state index contributed by atoms with van der Waals surface area (Å²) in [6.45, 7) is 1.37. The van der Waals surface area contributed by atoms with Gasteiger partial charge in [-0.2, -0.15) is 0 Å². The van der Waals surface area contributed by atoms with Crippen LogP contribution < -0.4 is 11.1 Å². The molecule has 1 radical (unpaired) electrons. The number of nitrogens with one attached hydrogen (secondary N) is 2. The van der Waals surface area contributed by atoms with Crippen molar-refractivity contribution in [3.05, 3.63) is 35.4 Å². The zero-order valence-electron chi connectivity index (χ0n) is 7.43. The van der Waals surface area contributed by atoms with Crippen molar-refractivity contribution in [2.45, 2.75) is 13.0 Å². The van der Waals surface area contributed by atoms with Gasteiger partial charge in [-0.3, -0.25) is 5.73 Å². The van der Waals surface area contributed by atoms with Crippen molar-refractivity contribution < 1.29 is 0 Å². The van der Waals surface area contributed by atoms with Crippen molar-refractivity contribution in [3.8, 4) is 0 Å². The monoisotopic (exact) mass is 163 g/mol. The second-order valence-corrected chi connectivity index (χ2v) is 2.80. The Balaban J connectivity index is 2.68. The first-order valence-corrected chi connectivity index (χ1v) is 4.24. The van der Waals surface area contributed by atoms with Gasteiger partial charge in [-0.1, -0.05) is 24.3 Å². The fourth-order valence-corrected chi connectivity index (χ4v) is 1.23. The molecule has 2 nitrogen and oxygen atoms in total. The van der Waals surface area contributed by atoms with E-state index in [1.165, 1.54) is 5.56 Å². The second-order valence-electron chi connectivity index (χ2n) is 2.80. The fourth-order valence-electron chi connectivity index (χ4n) is 1.23. The highest BCUT2D eigenvalue weighted by Crippen LogP contribution is 2.08. The average Bonchev–Trinajstić information content (AvgIpc) is 2.15. The molecule has 0 atom stereocenters. The molecule has 1 aromatic carbocycles. The maximum absolute atomic E-state index is 7.30. The summed E-state index contributed by atoms with van der Waals surface area (Å²) >= 11 is 0. The van der Waals surface area contributed by atoms with E-state index in [4.69, 9.17) is 5.73 Å². The Kier molecular flexibility index (Phi) is 3.77. The quantitative estimate of drug-likeness (QED) is 0.712. The van der Waals surface area contributed by atoms with Gasteiger partial charge in [0.25, 0.3) is 0 Å². The first-order chi connectivity index (χ1) is 5.88. The van der Waals surface area contributed by atoms with Crippen molar-refractivity contribution in [2.24, 2.45) is 0 Å². The van der Waals surface area contributed by atoms with Gasteiger partial charge in [-0.15, -0.1) is 0 Å².